The van der Waals surface area contributed by atoms with Crippen LogP contribution in [0.4, 0.5) is 17.5 Å². The minimum atomic E-state index is 0.230. The number of rotatable bonds is 7. The lowest BCUT2D eigenvalue weighted by Crippen LogP contribution is -2.28. The van der Waals surface area contributed by atoms with Crippen LogP contribution in [0.3, 0.4) is 0 Å². The van der Waals surface area contributed by atoms with Gasteiger partial charge in [-0.05, 0) is 25.5 Å². The minimum Gasteiger partial charge on any atom is -0.354 e. The number of para-hydroxylation sites is 1. The summed E-state index contributed by atoms with van der Waals surface area (Å²) in [5.41, 5.74) is 2.41. The molecule has 1 amide bonds. The van der Waals surface area contributed by atoms with Crippen molar-refractivity contribution < 1.29 is 4.79 Å². The first-order valence-corrected chi connectivity index (χ1v) is 9.31. The maximum Gasteiger partial charge on any atom is 0.226 e. The van der Waals surface area contributed by atoms with E-state index in [0.717, 1.165) is 30.8 Å². The largest absolute Gasteiger partial charge is 0.354 e. The van der Waals surface area contributed by atoms with Gasteiger partial charge in [0.2, 0.25) is 11.9 Å². The molecule has 27 heavy (non-hydrogen) atoms. The minimum absolute atomic E-state index is 0.230. The number of carbonyl (C=O) groups is 1. The monoisotopic (exact) mass is 365 g/mol. The molecule has 1 fully saturated rings. The third-order valence-electron chi connectivity index (χ3n) is 4.62. The predicted octanol–water partition coefficient (Wildman–Crippen LogP) is 2.62. The van der Waals surface area contributed by atoms with Crippen molar-refractivity contribution in [2.24, 2.45) is 0 Å². The van der Waals surface area contributed by atoms with Gasteiger partial charge in [-0.15, -0.1) is 0 Å². The zero-order valence-corrected chi connectivity index (χ0v) is 15.4. The lowest BCUT2D eigenvalue weighted by Gasteiger charge is -2.16. The number of carbonyl (C=O) groups excluding carboxylic acids is 1. The number of likely N-dealkylation sites (tertiary alicyclic amines) is 1. The first-order valence-electron chi connectivity index (χ1n) is 9.31. The molecule has 1 aromatic carbocycles. The van der Waals surface area contributed by atoms with Gasteiger partial charge in [0.25, 0.3) is 0 Å². The molecule has 0 radical (unpaired) electrons. The van der Waals surface area contributed by atoms with E-state index in [2.05, 4.69) is 25.6 Å². The van der Waals surface area contributed by atoms with E-state index in [4.69, 9.17) is 0 Å². The fraction of sp³-hybridized carbons (Fsp3) is 0.368. The van der Waals surface area contributed by atoms with Crippen molar-refractivity contribution in [3.05, 3.63) is 36.7 Å². The van der Waals surface area contributed by atoms with Crippen LogP contribution < -0.4 is 10.6 Å². The number of fused-ring (bicyclic) bond motifs is 1. The SMILES string of the molecule is CCNc1nc(Nc2ccccc2)c2ncn(CCN3CCCC3=O)c2n1. The molecule has 2 aromatic heterocycles. The molecule has 0 spiro atoms. The molecule has 1 aliphatic rings. The molecule has 3 heterocycles. The van der Waals surface area contributed by atoms with Crippen molar-refractivity contribution >= 4 is 34.5 Å². The highest BCUT2D eigenvalue weighted by atomic mass is 16.2. The van der Waals surface area contributed by atoms with Crippen LogP contribution in [-0.4, -0.2) is 50.0 Å². The maximum absolute atomic E-state index is 11.8. The van der Waals surface area contributed by atoms with E-state index in [-0.39, 0.29) is 5.91 Å². The van der Waals surface area contributed by atoms with E-state index in [1.165, 1.54) is 0 Å². The van der Waals surface area contributed by atoms with Crippen molar-refractivity contribution in [2.45, 2.75) is 26.3 Å². The lowest BCUT2D eigenvalue weighted by molar-refractivity contribution is -0.127. The zero-order chi connectivity index (χ0) is 18.6. The van der Waals surface area contributed by atoms with Crippen molar-refractivity contribution in [2.75, 3.05) is 30.3 Å². The van der Waals surface area contributed by atoms with Gasteiger partial charge in [0.1, 0.15) is 0 Å². The van der Waals surface area contributed by atoms with Crippen LogP contribution in [-0.2, 0) is 11.3 Å². The molecule has 1 aliphatic heterocycles. The summed E-state index contributed by atoms with van der Waals surface area (Å²) < 4.78 is 1.99. The molecule has 0 unspecified atom stereocenters. The van der Waals surface area contributed by atoms with Crippen LogP contribution in [0.25, 0.3) is 11.2 Å². The van der Waals surface area contributed by atoms with E-state index in [1.54, 1.807) is 6.33 Å². The first kappa shape index (κ1) is 17.3. The summed E-state index contributed by atoms with van der Waals surface area (Å²) in [5, 5.41) is 6.51. The number of hydrogen-bond donors (Lipinski definition) is 2. The summed E-state index contributed by atoms with van der Waals surface area (Å²) in [5.74, 6) is 1.45. The average Bonchev–Trinajstić information content (AvgIpc) is 3.27. The first-order chi connectivity index (χ1) is 13.2. The summed E-state index contributed by atoms with van der Waals surface area (Å²) in [7, 11) is 0. The van der Waals surface area contributed by atoms with Crippen LogP contribution in [0.15, 0.2) is 36.7 Å². The van der Waals surface area contributed by atoms with Gasteiger partial charge in [-0.3, -0.25) is 4.79 Å². The van der Waals surface area contributed by atoms with Crippen molar-refractivity contribution in [1.82, 2.24) is 24.4 Å². The van der Waals surface area contributed by atoms with Gasteiger partial charge in [0.05, 0.1) is 6.33 Å². The fourth-order valence-corrected chi connectivity index (χ4v) is 3.26. The summed E-state index contributed by atoms with van der Waals surface area (Å²) in [4.78, 5) is 27.5. The number of hydrogen-bond acceptors (Lipinski definition) is 6. The number of amides is 1. The molecule has 4 rings (SSSR count). The highest BCUT2D eigenvalue weighted by molar-refractivity contribution is 5.86. The van der Waals surface area contributed by atoms with Crippen molar-refractivity contribution in [1.29, 1.82) is 0 Å². The molecule has 0 saturated carbocycles. The van der Waals surface area contributed by atoms with Gasteiger partial charge in [-0.2, -0.15) is 9.97 Å². The molecular formula is C19H23N7O. The number of benzene rings is 1. The molecule has 8 heteroatoms. The Morgan fingerprint density at radius 1 is 1.15 bits per heavy atom. The van der Waals surface area contributed by atoms with Gasteiger partial charge >= 0.3 is 0 Å². The summed E-state index contributed by atoms with van der Waals surface area (Å²) in [6, 6.07) is 9.88. The number of aromatic nitrogens is 4. The van der Waals surface area contributed by atoms with E-state index in [1.807, 2.05) is 46.7 Å². The van der Waals surface area contributed by atoms with Gasteiger partial charge < -0.3 is 20.1 Å². The second kappa shape index (κ2) is 7.61. The molecule has 140 valence electrons. The average molecular weight is 365 g/mol. The summed E-state index contributed by atoms with van der Waals surface area (Å²) in [6.07, 6.45) is 3.37. The fourth-order valence-electron chi connectivity index (χ4n) is 3.26. The standard InChI is InChI=1S/C19H23N7O/c1-2-20-19-23-17(22-14-7-4-3-5-8-14)16-18(24-19)26(13-21-16)12-11-25-10-6-9-15(25)27/h3-5,7-8,13H,2,6,9-12H2,1H3,(H2,20,22,23,24). The van der Waals surface area contributed by atoms with E-state index >= 15 is 0 Å². The zero-order valence-electron chi connectivity index (χ0n) is 15.4. The Morgan fingerprint density at radius 2 is 2.00 bits per heavy atom. The molecular weight excluding hydrogens is 342 g/mol. The normalized spacial score (nSPS) is 14.1. The third-order valence-corrected chi connectivity index (χ3v) is 4.62. The molecule has 0 aliphatic carbocycles. The topological polar surface area (TPSA) is 88.0 Å². The van der Waals surface area contributed by atoms with E-state index in [9.17, 15) is 4.79 Å². The Labute approximate surface area is 157 Å². The third kappa shape index (κ3) is 3.69. The van der Waals surface area contributed by atoms with Gasteiger partial charge in [-0.1, -0.05) is 18.2 Å². The van der Waals surface area contributed by atoms with Gasteiger partial charge in [-0.25, -0.2) is 4.98 Å². The predicted molar refractivity (Wildman–Crippen MR) is 105 cm³/mol. The lowest BCUT2D eigenvalue weighted by atomic mass is 10.3. The highest BCUT2D eigenvalue weighted by Crippen LogP contribution is 2.24. The molecule has 3 aromatic rings. The quantitative estimate of drug-likeness (QED) is 0.669. The Kier molecular flexibility index (Phi) is 4.86. The number of anilines is 3. The Hall–Kier alpha value is -3.16. The smallest absolute Gasteiger partial charge is 0.226 e. The maximum atomic E-state index is 11.8. The number of nitrogens with one attached hydrogen (secondary N) is 2. The van der Waals surface area contributed by atoms with Crippen LogP contribution in [0.2, 0.25) is 0 Å². The van der Waals surface area contributed by atoms with Crippen molar-refractivity contribution in [3.8, 4) is 0 Å². The highest BCUT2D eigenvalue weighted by Gasteiger charge is 2.20. The number of imidazole rings is 1. The Morgan fingerprint density at radius 3 is 2.74 bits per heavy atom. The van der Waals surface area contributed by atoms with Gasteiger partial charge in [0, 0.05) is 38.3 Å². The Bertz CT molecular complexity index is 938. The van der Waals surface area contributed by atoms with Crippen molar-refractivity contribution in [3.63, 3.8) is 0 Å². The van der Waals surface area contributed by atoms with Gasteiger partial charge in [0.15, 0.2) is 17.0 Å². The van der Waals surface area contributed by atoms with Crippen LogP contribution in [0.1, 0.15) is 19.8 Å². The second-order valence-electron chi connectivity index (χ2n) is 6.51. The van der Waals surface area contributed by atoms with Crippen LogP contribution >= 0.6 is 0 Å². The molecule has 0 atom stereocenters. The molecule has 1 saturated heterocycles. The number of nitrogens with zero attached hydrogens (tertiary/aromatic N) is 5. The van der Waals surface area contributed by atoms with E-state index < -0.39 is 0 Å². The van der Waals surface area contributed by atoms with Crippen LogP contribution in [0.5, 0.6) is 0 Å². The van der Waals surface area contributed by atoms with E-state index in [0.29, 0.717) is 36.8 Å². The molecule has 0 bridgehead atoms. The second-order valence-corrected chi connectivity index (χ2v) is 6.51. The van der Waals surface area contributed by atoms with Crippen LogP contribution in [0, 0.1) is 0 Å². The Balaban J connectivity index is 1.64. The summed E-state index contributed by atoms with van der Waals surface area (Å²) >= 11 is 0. The molecule has 8 nitrogen and oxygen atoms in total. The molecule has 2 N–H and O–H groups in total. The summed E-state index contributed by atoms with van der Waals surface area (Å²) in [6.45, 7) is 4.91.